The van der Waals surface area contributed by atoms with Crippen LogP contribution < -0.4 is 10.2 Å². The molecule has 0 fully saturated rings. The van der Waals surface area contributed by atoms with Gasteiger partial charge in [-0.1, -0.05) is 11.8 Å². The van der Waals surface area contributed by atoms with E-state index in [-0.39, 0.29) is 17.5 Å². The Balaban J connectivity index is 1.48. The maximum Gasteiger partial charge on any atom is 0.234 e. The molecular weight excluding hydrogens is 427 g/mol. The fourth-order valence-corrected chi connectivity index (χ4v) is 3.98. The molecule has 0 unspecified atom stereocenters. The molecule has 0 spiro atoms. The number of halogens is 1. The van der Waals surface area contributed by atoms with E-state index in [9.17, 15) is 9.18 Å². The quantitative estimate of drug-likeness (QED) is 0.377. The molecule has 8 heteroatoms. The fraction of sp³-hybridized carbons (Fsp3) is 0.167. The predicted octanol–water partition coefficient (Wildman–Crippen LogP) is 5.13. The van der Waals surface area contributed by atoms with E-state index >= 15 is 0 Å². The van der Waals surface area contributed by atoms with Crippen LogP contribution in [0.1, 0.15) is 5.76 Å². The minimum absolute atomic E-state index is 0.122. The van der Waals surface area contributed by atoms with Gasteiger partial charge in [0, 0.05) is 25.5 Å². The van der Waals surface area contributed by atoms with E-state index in [1.165, 1.54) is 23.9 Å². The lowest BCUT2D eigenvalue weighted by Crippen LogP contribution is -2.15. The Kier molecular flexibility index (Phi) is 6.61. The Morgan fingerprint density at radius 1 is 1.12 bits per heavy atom. The van der Waals surface area contributed by atoms with Gasteiger partial charge in [0.15, 0.2) is 5.16 Å². The van der Waals surface area contributed by atoms with Gasteiger partial charge in [0.25, 0.3) is 0 Å². The first-order chi connectivity index (χ1) is 15.5. The molecule has 0 saturated heterocycles. The standard InChI is InChI=1S/C24H23FN4O2S/c1-28(2)20-11-9-19(10-12-20)27-23(30)16-32-24-26-14-22(17-5-7-18(25)8-6-17)29(24)15-21-4-3-13-31-21/h3-14H,15-16H2,1-2H3,(H,27,30). The molecule has 2 aromatic heterocycles. The second kappa shape index (κ2) is 9.74. The minimum Gasteiger partial charge on any atom is -0.467 e. The van der Waals surface area contributed by atoms with Crippen LogP contribution in [0.25, 0.3) is 11.3 Å². The molecule has 1 N–H and O–H groups in total. The van der Waals surface area contributed by atoms with Crippen molar-refractivity contribution in [3.63, 3.8) is 0 Å². The van der Waals surface area contributed by atoms with Gasteiger partial charge in [0.1, 0.15) is 11.6 Å². The number of imidazole rings is 1. The van der Waals surface area contributed by atoms with Crippen molar-refractivity contribution in [2.24, 2.45) is 0 Å². The molecule has 0 aliphatic rings. The number of thioether (sulfide) groups is 1. The summed E-state index contributed by atoms with van der Waals surface area (Å²) < 4.78 is 20.8. The molecule has 0 saturated carbocycles. The van der Waals surface area contributed by atoms with E-state index in [0.29, 0.717) is 11.7 Å². The zero-order chi connectivity index (χ0) is 22.5. The summed E-state index contributed by atoms with van der Waals surface area (Å²) in [4.78, 5) is 19.0. The normalized spacial score (nSPS) is 10.8. The number of nitrogens with zero attached hydrogens (tertiary/aromatic N) is 3. The number of benzene rings is 2. The molecule has 2 aromatic carbocycles. The number of furan rings is 1. The Hall–Kier alpha value is -3.52. The number of hydrogen-bond acceptors (Lipinski definition) is 5. The van der Waals surface area contributed by atoms with Gasteiger partial charge >= 0.3 is 0 Å². The molecule has 4 aromatic rings. The second-order valence-electron chi connectivity index (χ2n) is 7.38. The maximum absolute atomic E-state index is 13.4. The zero-order valence-electron chi connectivity index (χ0n) is 17.8. The molecule has 164 valence electrons. The van der Waals surface area contributed by atoms with Gasteiger partial charge in [-0.2, -0.15) is 0 Å². The first kappa shape index (κ1) is 21.7. The molecule has 0 bridgehead atoms. The highest BCUT2D eigenvalue weighted by molar-refractivity contribution is 7.99. The molecule has 2 heterocycles. The van der Waals surface area contributed by atoms with E-state index in [1.807, 2.05) is 60.0 Å². The summed E-state index contributed by atoms with van der Waals surface area (Å²) in [7, 11) is 3.94. The number of anilines is 2. The lowest BCUT2D eigenvalue weighted by Gasteiger charge is -2.13. The first-order valence-corrected chi connectivity index (χ1v) is 11.0. The maximum atomic E-state index is 13.4. The SMILES string of the molecule is CN(C)c1ccc(NC(=O)CSc2ncc(-c3ccc(F)cc3)n2Cc2ccco2)cc1. The minimum atomic E-state index is -0.296. The third kappa shape index (κ3) is 5.20. The smallest absolute Gasteiger partial charge is 0.234 e. The Morgan fingerprint density at radius 2 is 1.88 bits per heavy atom. The molecule has 0 aliphatic heterocycles. The highest BCUT2D eigenvalue weighted by Gasteiger charge is 2.15. The number of nitrogens with one attached hydrogen (secondary N) is 1. The van der Waals surface area contributed by atoms with Crippen molar-refractivity contribution in [1.82, 2.24) is 9.55 Å². The highest BCUT2D eigenvalue weighted by atomic mass is 32.2. The Morgan fingerprint density at radius 3 is 2.53 bits per heavy atom. The van der Waals surface area contributed by atoms with E-state index in [4.69, 9.17) is 4.42 Å². The molecule has 1 amide bonds. The Labute approximate surface area is 190 Å². The van der Waals surface area contributed by atoms with Gasteiger partial charge in [-0.25, -0.2) is 9.37 Å². The third-order valence-corrected chi connectivity index (χ3v) is 5.84. The van der Waals surface area contributed by atoms with Gasteiger partial charge < -0.3 is 19.2 Å². The largest absolute Gasteiger partial charge is 0.467 e. The van der Waals surface area contributed by atoms with Crippen LogP contribution in [-0.2, 0) is 11.3 Å². The predicted molar refractivity (Wildman–Crippen MR) is 126 cm³/mol. The van der Waals surface area contributed by atoms with Crippen LogP contribution in [0.15, 0.2) is 82.7 Å². The molecular formula is C24H23FN4O2S. The van der Waals surface area contributed by atoms with Crippen LogP contribution in [0.5, 0.6) is 0 Å². The van der Waals surface area contributed by atoms with Crippen LogP contribution in [0.2, 0.25) is 0 Å². The number of carbonyl (C=O) groups excluding carboxylic acids is 1. The summed E-state index contributed by atoms with van der Waals surface area (Å²) >= 11 is 1.34. The van der Waals surface area contributed by atoms with Gasteiger partial charge in [-0.05, 0) is 66.2 Å². The summed E-state index contributed by atoms with van der Waals surface area (Å²) in [5.74, 6) is 0.547. The summed E-state index contributed by atoms with van der Waals surface area (Å²) in [6.07, 6.45) is 3.35. The number of carbonyl (C=O) groups is 1. The van der Waals surface area contributed by atoms with Gasteiger partial charge in [0.05, 0.1) is 30.5 Å². The monoisotopic (exact) mass is 450 g/mol. The van der Waals surface area contributed by atoms with Crippen molar-refractivity contribution in [3.05, 3.63) is 84.7 Å². The summed E-state index contributed by atoms with van der Waals surface area (Å²) in [5.41, 5.74) is 3.46. The third-order valence-electron chi connectivity index (χ3n) is 4.85. The second-order valence-corrected chi connectivity index (χ2v) is 8.32. The van der Waals surface area contributed by atoms with Crippen LogP contribution >= 0.6 is 11.8 Å². The van der Waals surface area contributed by atoms with Crippen molar-refractivity contribution in [2.75, 3.05) is 30.1 Å². The van der Waals surface area contributed by atoms with Crippen LogP contribution in [-0.4, -0.2) is 35.3 Å². The van der Waals surface area contributed by atoms with E-state index in [0.717, 1.165) is 28.4 Å². The van der Waals surface area contributed by atoms with Crippen molar-refractivity contribution in [3.8, 4) is 11.3 Å². The van der Waals surface area contributed by atoms with Crippen LogP contribution in [0.4, 0.5) is 15.8 Å². The molecule has 32 heavy (non-hydrogen) atoms. The van der Waals surface area contributed by atoms with Crippen molar-refractivity contribution < 1.29 is 13.6 Å². The van der Waals surface area contributed by atoms with Gasteiger partial charge in [-0.3, -0.25) is 4.79 Å². The lowest BCUT2D eigenvalue weighted by molar-refractivity contribution is -0.113. The van der Waals surface area contributed by atoms with Crippen LogP contribution in [0, 0.1) is 5.82 Å². The van der Waals surface area contributed by atoms with Crippen molar-refractivity contribution in [2.45, 2.75) is 11.7 Å². The summed E-state index contributed by atoms with van der Waals surface area (Å²) in [6, 6.07) is 17.6. The number of hydrogen-bond donors (Lipinski definition) is 1. The van der Waals surface area contributed by atoms with Gasteiger partial charge in [-0.15, -0.1) is 0 Å². The summed E-state index contributed by atoms with van der Waals surface area (Å²) in [5, 5.41) is 3.59. The fourth-order valence-electron chi connectivity index (χ4n) is 3.21. The van der Waals surface area contributed by atoms with E-state index in [1.54, 1.807) is 24.6 Å². The average Bonchev–Trinajstić information content (AvgIpc) is 3.44. The number of aromatic nitrogens is 2. The Bertz CT molecular complexity index is 1170. The topological polar surface area (TPSA) is 63.3 Å². The van der Waals surface area contributed by atoms with Crippen molar-refractivity contribution >= 4 is 29.0 Å². The van der Waals surface area contributed by atoms with E-state index < -0.39 is 0 Å². The molecule has 0 aliphatic carbocycles. The number of amides is 1. The van der Waals surface area contributed by atoms with Crippen molar-refractivity contribution in [1.29, 1.82) is 0 Å². The molecule has 4 rings (SSSR count). The zero-order valence-corrected chi connectivity index (χ0v) is 18.6. The van der Waals surface area contributed by atoms with E-state index in [2.05, 4.69) is 10.3 Å². The summed E-state index contributed by atoms with van der Waals surface area (Å²) in [6.45, 7) is 0.454. The average molecular weight is 451 g/mol. The molecule has 0 atom stereocenters. The highest BCUT2D eigenvalue weighted by Crippen LogP contribution is 2.28. The first-order valence-electron chi connectivity index (χ1n) is 10.0. The lowest BCUT2D eigenvalue weighted by atomic mass is 10.1. The van der Waals surface area contributed by atoms with Gasteiger partial charge in [0.2, 0.25) is 5.91 Å². The number of rotatable bonds is 8. The molecule has 0 radical (unpaired) electrons. The van der Waals surface area contributed by atoms with Crippen LogP contribution in [0.3, 0.4) is 0 Å². The molecule has 6 nitrogen and oxygen atoms in total.